The number of carboxylic acids is 1. The van der Waals surface area contributed by atoms with Crippen LogP contribution in [0.2, 0.25) is 0 Å². The van der Waals surface area contributed by atoms with E-state index >= 15 is 0 Å². The van der Waals surface area contributed by atoms with Crippen molar-refractivity contribution in [3.05, 3.63) is 35.0 Å². The van der Waals surface area contributed by atoms with Crippen molar-refractivity contribution in [2.24, 2.45) is 5.41 Å². The molecule has 1 aromatic heterocycles. The van der Waals surface area contributed by atoms with Crippen molar-refractivity contribution in [2.45, 2.75) is 26.7 Å². The molecule has 6 heteroatoms. The van der Waals surface area contributed by atoms with Gasteiger partial charge in [-0.25, -0.2) is 4.39 Å². The molecule has 118 valence electrons. The predicted octanol–water partition coefficient (Wildman–Crippen LogP) is 3.66. The highest BCUT2D eigenvalue weighted by molar-refractivity contribution is 7.20. The Kier molecular flexibility index (Phi) is 4.81. The van der Waals surface area contributed by atoms with Crippen LogP contribution in [0.4, 0.5) is 4.39 Å². The minimum Gasteiger partial charge on any atom is -0.481 e. The molecule has 1 amide bonds. The van der Waals surface area contributed by atoms with E-state index in [1.165, 1.54) is 23.5 Å². The van der Waals surface area contributed by atoms with Crippen molar-refractivity contribution in [3.63, 3.8) is 0 Å². The molecule has 0 bridgehead atoms. The van der Waals surface area contributed by atoms with E-state index in [9.17, 15) is 19.1 Å². The maximum Gasteiger partial charge on any atom is 0.311 e. The predicted molar refractivity (Wildman–Crippen MR) is 84.8 cm³/mol. The average Bonchev–Trinajstić information content (AvgIpc) is 2.91. The highest BCUT2D eigenvalue weighted by Crippen LogP contribution is 2.28. The molecule has 0 unspecified atom stereocenters. The molecule has 0 aliphatic carbocycles. The molecule has 22 heavy (non-hydrogen) atoms. The van der Waals surface area contributed by atoms with Crippen molar-refractivity contribution in [1.29, 1.82) is 0 Å². The molecule has 1 heterocycles. The maximum atomic E-state index is 13.2. The summed E-state index contributed by atoms with van der Waals surface area (Å²) in [6.45, 7) is 3.68. The van der Waals surface area contributed by atoms with Crippen LogP contribution in [0.25, 0.3) is 10.1 Å². The standard InChI is InChI=1S/C16H18FNO3S/c1-3-16(4-2,15(20)21)9-18-14(19)13-8-10-7-11(17)5-6-12(10)22-13/h5-8H,3-4,9H2,1-2H3,(H,18,19)(H,20,21). The number of fused-ring (bicyclic) bond motifs is 1. The van der Waals surface area contributed by atoms with Gasteiger partial charge in [-0.3, -0.25) is 9.59 Å². The van der Waals surface area contributed by atoms with Crippen LogP contribution in [-0.2, 0) is 4.79 Å². The van der Waals surface area contributed by atoms with E-state index in [2.05, 4.69) is 5.32 Å². The van der Waals surface area contributed by atoms with E-state index in [1.807, 2.05) is 0 Å². The number of hydrogen-bond acceptors (Lipinski definition) is 3. The van der Waals surface area contributed by atoms with Gasteiger partial charge in [-0.15, -0.1) is 11.3 Å². The fraction of sp³-hybridized carbons (Fsp3) is 0.375. The van der Waals surface area contributed by atoms with E-state index in [-0.39, 0.29) is 18.3 Å². The van der Waals surface area contributed by atoms with Crippen LogP contribution in [0.15, 0.2) is 24.3 Å². The van der Waals surface area contributed by atoms with Crippen LogP contribution >= 0.6 is 11.3 Å². The highest BCUT2D eigenvalue weighted by atomic mass is 32.1. The van der Waals surface area contributed by atoms with Crippen LogP contribution in [0.5, 0.6) is 0 Å². The summed E-state index contributed by atoms with van der Waals surface area (Å²) in [6.07, 6.45) is 0.882. The van der Waals surface area contributed by atoms with Crippen molar-refractivity contribution < 1.29 is 19.1 Å². The largest absolute Gasteiger partial charge is 0.481 e. The zero-order valence-corrected chi connectivity index (χ0v) is 13.3. The Balaban J connectivity index is 2.15. The third-order valence-electron chi connectivity index (χ3n) is 4.10. The summed E-state index contributed by atoms with van der Waals surface area (Å²) in [4.78, 5) is 24.1. The Labute approximate surface area is 132 Å². The molecule has 2 N–H and O–H groups in total. The number of amides is 1. The first kappa shape index (κ1) is 16.4. The number of carbonyl (C=O) groups is 2. The van der Waals surface area contributed by atoms with Gasteiger partial charge in [-0.05, 0) is 42.5 Å². The number of rotatable bonds is 6. The number of hydrogen-bond donors (Lipinski definition) is 2. The van der Waals surface area contributed by atoms with E-state index in [4.69, 9.17) is 0 Å². The molecule has 0 saturated carbocycles. The van der Waals surface area contributed by atoms with Crippen molar-refractivity contribution in [2.75, 3.05) is 6.54 Å². The number of nitrogens with one attached hydrogen (secondary N) is 1. The van der Waals surface area contributed by atoms with E-state index in [0.717, 1.165) is 4.70 Å². The Hall–Kier alpha value is -1.95. The van der Waals surface area contributed by atoms with Gasteiger partial charge in [0.2, 0.25) is 0 Å². The van der Waals surface area contributed by atoms with Gasteiger partial charge in [0.05, 0.1) is 10.3 Å². The fourth-order valence-corrected chi connectivity index (χ4v) is 3.30. The van der Waals surface area contributed by atoms with Crippen LogP contribution in [0.3, 0.4) is 0 Å². The van der Waals surface area contributed by atoms with Crippen molar-refractivity contribution in [3.8, 4) is 0 Å². The Bertz CT molecular complexity index is 706. The highest BCUT2D eigenvalue weighted by Gasteiger charge is 2.35. The Morgan fingerprint density at radius 2 is 1.95 bits per heavy atom. The topological polar surface area (TPSA) is 66.4 Å². The van der Waals surface area contributed by atoms with Gasteiger partial charge in [0, 0.05) is 11.2 Å². The molecule has 0 fully saturated rings. The van der Waals surface area contributed by atoms with Gasteiger partial charge in [0.1, 0.15) is 5.82 Å². The average molecular weight is 323 g/mol. The summed E-state index contributed by atoms with van der Waals surface area (Å²) in [5.41, 5.74) is -0.946. The molecule has 4 nitrogen and oxygen atoms in total. The molecular formula is C16H18FNO3S. The van der Waals surface area contributed by atoms with Gasteiger partial charge >= 0.3 is 5.97 Å². The summed E-state index contributed by atoms with van der Waals surface area (Å²) >= 11 is 1.26. The lowest BCUT2D eigenvalue weighted by molar-refractivity contribution is -0.149. The van der Waals surface area contributed by atoms with E-state index in [0.29, 0.717) is 23.1 Å². The fourth-order valence-electron chi connectivity index (χ4n) is 2.34. The molecular weight excluding hydrogens is 305 g/mol. The lowest BCUT2D eigenvalue weighted by Gasteiger charge is -2.26. The number of aliphatic carboxylic acids is 1. The summed E-state index contributed by atoms with van der Waals surface area (Å²) in [5.74, 6) is -1.58. The minimum atomic E-state index is -0.946. The first-order valence-corrected chi connectivity index (χ1v) is 7.94. The molecule has 0 spiro atoms. The van der Waals surface area contributed by atoms with Crippen LogP contribution in [-0.4, -0.2) is 23.5 Å². The van der Waals surface area contributed by atoms with E-state index < -0.39 is 11.4 Å². The summed E-state index contributed by atoms with van der Waals surface area (Å²) in [6, 6.07) is 5.98. The molecule has 0 aliphatic heterocycles. The molecule has 2 aromatic rings. The maximum absolute atomic E-state index is 13.2. The van der Waals surface area contributed by atoms with Crippen molar-refractivity contribution in [1.82, 2.24) is 5.32 Å². The lowest BCUT2D eigenvalue weighted by atomic mass is 9.82. The first-order chi connectivity index (χ1) is 10.4. The monoisotopic (exact) mass is 323 g/mol. The van der Waals surface area contributed by atoms with Crippen LogP contribution < -0.4 is 5.32 Å². The normalized spacial score (nSPS) is 11.6. The molecule has 0 atom stereocenters. The SMILES string of the molecule is CCC(CC)(CNC(=O)c1cc2cc(F)ccc2s1)C(=O)O. The molecule has 0 aliphatic rings. The number of carboxylic acid groups (broad SMARTS) is 1. The molecule has 0 saturated heterocycles. The number of thiophene rings is 1. The smallest absolute Gasteiger partial charge is 0.311 e. The Morgan fingerprint density at radius 1 is 1.27 bits per heavy atom. The second-order valence-corrected chi connectivity index (χ2v) is 6.35. The van der Waals surface area contributed by atoms with Crippen molar-refractivity contribution >= 4 is 33.3 Å². The summed E-state index contributed by atoms with van der Waals surface area (Å²) in [5, 5.41) is 12.7. The first-order valence-electron chi connectivity index (χ1n) is 7.12. The quantitative estimate of drug-likeness (QED) is 0.852. The number of carbonyl (C=O) groups excluding carboxylic acids is 1. The molecule has 1 aromatic carbocycles. The zero-order chi connectivity index (χ0) is 16.3. The third-order valence-corrected chi connectivity index (χ3v) is 5.21. The summed E-state index contributed by atoms with van der Waals surface area (Å²) < 4.78 is 14.0. The van der Waals surface area contributed by atoms with Gasteiger partial charge in [-0.1, -0.05) is 13.8 Å². The third kappa shape index (κ3) is 3.11. The molecule has 2 rings (SSSR count). The second-order valence-electron chi connectivity index (χ2n) is 5.27. The van der Waals surface area contributed by atoms with Crippen LogP contribution in [0.1, 0.15) is 36.4 Å². The van der Waals surface area contributed by atoms with Crippen LogP contribution in [0, 0.1) is 11.2 Å². The number of benzene rings is 1. The Morgan fingerprint density at radius 3 is 2.55 bits per heavy atom. The van der Waals surface area contributed by atoms with Gasteiger partial charge in [-0.2, -0.15) is 0 Å². The van der Waals surface area contributed by atoms with Gasteiger partial charge in [0.15, 0.2) is 0 Å². The van der Waals surface area contributed by atoms with Gasteiger partial charge < -0.3 is 10.4 Å². The zero-order valence-electron chi connectivity index (χ0n) is 12.5. The lowest BCUT2D eigenvalue weighted by Crippen LogP contribution is -2.42. The second kappa shape index (κ2) is 6.44. The minimum absolute atomic E-state index is 0.0801. The van der Waals surface area contributed by atoms with E-state index in [1.54, 1.807) is 26.0 Å². The summed E-state index contributed by atoms with van der Waals surface area (Å²) in [7, 11) is 0. The number of halogens is 1. The molecule has 0 radical (unpaired) electrons. The van der Waals surface area contributed by atoms with Gasteiger partial charge in [0.25, 0.3) is 5.91 Å².